The fourth-order valence-electron chi connectivity index (χ4n) is 3.04. The molecule has 112 valence electrons. The minimum absolute atomic E-state index is 0.0389. The highest BCUT2D eigenvalue weighted by Gasteiger charge is 2.49. The number of nitrogens with two attached hydrogens (primary N) is 1. The minimum atomic E-state index is -4.24. The van der Waals surface area contributed by atoms with Crippen LogP contribution in [-0.2, 0) is 9.47 Å². The molecule has 1 aliphatic heterocycles. The van der Waals surface area contributed by atoms with Crippen molar-refractivity contribution < 1.29 is 22.6 Å². The van der Waals surface area contributed by atoms with E-state index in [0.29, 0.717) is 18.9 Å². The zero-order valence-electron chi connectivity index (χ0n) is 11.0. The Morgan fingerprint density at radius 1 is 1.32 bits per heavy atom. The number of ether oxygens (including phenoxy) is 2. The molecule has 3 nitrogen and oxygen atoms in total. The lowest BCUT2D eigenvalue weighted by Gasteiger charge is -2.33. The van der Waals surface area contributed by atoms with Gasteiger partial charge in [0, 0.05) is 25.2 Å². The van der Waals surface area contributed by atoms with E-state index in [1.165, 1.54) is 12.8 Å². The molecule has 1 aliphatic carbocycles. The van der Waals surface area contributed by atoms with Crippen LogP contribution in [0.1, 0.15) is 32.1 Å². The highest BCUT2D eigenvalue weighted by molar-refractivity contribution is 4.99. The number of rotatable bonds is 7. The van der Waals surface area contributed by atoms with Crippen LogP contribution in [0.3, 0.4) is 0 Å². The molecule has 0 aromatic rings. The summed E-state index contributed by atoms with van der Waals surface area (Å²) in [5, 5.41) is 0. The van der Waals surface area contributed by atoms with Crippen LogP contribution in [0.25, 0.3) is 0 Å². The summed E-state index contributed by atoms with van der Waals surface area (Å²) in [6.45, 7) is 0.249. The molecule has 1 heterocycles. The van der Waals surface area contributed by atoms with Gasteiger partial charge in [-0.05, 0) is 38.0 Å². The predicted octanol–water partition coefficient (Wildman–Crippen LogP) is 2.49. The molecule has 1 saturated heterocycles. The first-order valence-electron chi connectivity index (χ1n) is 6.93. The van der Waals surface area contributed by atoms with Gasteiger partial charge in [-0.2, -0.15) is 13.2 Å². The maximum absolute atomic E-state index is 11.9. The smallest absolute Gasteiger partial charge is 0.377 e. The van der Waals surface area contributed by atoms with Crippen molar-refractivity contribution in [3.05, 3.63) is 0 Å². The van der Waals surface area contributed by atoms with Gasteiger partial charge in [0.2, 0.25) is 0 Å². The first-order valence-corrected chi connectivity index (χ1v) is 6.93. The van der Waals surface area contributed by atoms with Crippen molar-refractivity contribution in [3.8, 4) is 0 Å². The molecule has 6 heteroatoms. The average Bonchev–Trinajstić information content (AvgIpc) is 3.09. The van der Waals surface area contributed by atoms with E-state index in [4.69, 9.17) is 10.5 Å². The van der Waals surface area contributed by atoms with Crippen LogP contribution in [0.4, 0.5) is 13.2 Å². The van der Waals surface area contributed by atoms with Crippen molar-refractivity contribution in [2.24, 2.45) is 17.1 Å². The molecular formula is C13H22F3NO2. The summed E-state index contributed by atoms with van der Waals surface area (Å²) >= 11 is 0. The van der Waals surface area contributed by atoms with Gasteiger partial charge in [0.05, 0.1) is 6.10 Å². The van der Waals surface area contributed by atoms with Crippen molar-refractivity contribution in [3.63, 3.8) is 0 Å². The number of halogens is 3. The summed E-state index contributed by atoms with van der Waals surface area (Å²) in [6, 6.07) is 0. The van der Waals surface area contributed by atoms with Crippen molar-refractivity contribution in [2.75, 3.05) is 26.4 Å². The quantitative estimate of drug-likeness (QED) is 0.729. The van der Waals surface area contributed by atoms with E-state index < -0.39 is 12.8 Å². The van der Waals surface area contributed by atoms with Gasteiger partial charge in [-0.3, -0.25) is 0 Å². The van der Waals surface area contributed by atoms with Crippen LogP contribution in [0, 0.1) is 11.3 Å². The molecule has 2 fully saturated rings. The van der Waals surface area contributed by atoms with Crippen LogP contribution >= 0.6 is 0 Å². The third kappa shape index (κ3) is 4.07. The van der Waals surface area contributed by atoms with E-state index in [1.807, 2.05) is 0 Å². The van der Waals surface area contributed by atoms with E-state index >= 15 is 0 Å². The van der Waals surface area contributed by atoms with Gasteiger partial charge < -0.3 is 15.2 Å². The van der Waals surface area contributed by atoms with Gasteiger partial charge in [0.25, 0.3) is 0 Å². The Labute approximate surface area is 111 Å². The van der Waals surface area contributed by atoms with Crippen LogP contribution in [0.5, 0.6) is 0 Å². The van der Waals surface area contributed by atoms with Crippen molar-refractivity contribution in [1.82, 2.24) is 0 Å². The summed E-state index contributed by atoms with van der Waals surface area (Å²) in [7, 11) is 0. The maximum Gasteiger partial charge on any atom is 0.411 e. The van der Waals surface area contributed by atoms with E-state index in [0.717, 1.165) is 19.4 Å². The third-order valence-electron chi connectivity index (χ3n) is 4.19. The van der Waals surface area contributed by atoms with Crippen LogP contribution in [-0.4, -0.2) is 38.6 Å². The molecule has 2 atom stereocenters. The molecule has 2 aliphatic rings. The van der Waals surface area contributed by atoms with Crippen LogP contribution in [0.2, 0.25) is 0 Å². The zero-order chi connectivity index (χ0) is 13.9. The molecule has 0 radical (unpaired) electrons. The maximum atomic E-state index is 11.9. The standard InChI is InChI=1S/C13H22F3NO2/c14-13(15,16)9-18-6-1-4-12(8-17)5-7-19-11(12)10-2-3-10/h10-11H,1-9,17H2. The highest BCUT2D eigenvalue weighted by atomic mass is 19.4. The lowest BCUT2D eigenvalue weighted by Crippen LogP contribution is -2.39. The largest absolute Gasteiger partial charge is 0.411 e. The third-order valence-corrected chi connectivity index (χ3v) is 4.19. The first kappa shape index (κ1) is 15.1. The number of alkyl halides is 3. The summed E-state index contributed by atoms with van der Waals surface area (Å²) in [4.78, 5) is 0. The van der Waals surface area contributed by atoms with Gasteiger partial charge in [-0.1, -0.05) is 0 Å². The van der Waals surface area contributed by atoms with E-state index in [9.17, 15) is 13.2 Å². The zero-order valence-corrected chi connectivity index (χ0v) is 11.0. The van der Waals surface area contributed by atoms with Crippen LogP contribution in [0.15, 0.2) is 0 Å². The Morgan fingerprint density at radius 2 is 2.05 bits per heavy atom. The second-order valence-electron chi connectivity index (χ2n) is 5.72. The average molecular weight is 281 g/mol. The molecule has 0 aromatic heterocycles. The monoisotopic (exact) mass is 281 g/mol. The van der Waals surface area contributed by atoms with Gasteiger partial charge in [0.1, 0.15) is 6.61 Å². The predicted molar refractivity (Wildman–Crippen MR) is 64.7 cm³/mol. The molecular weight excluding hydrogens is 259 g/mol. The first-order chi connectivity index (χ1) is 8.97. The normalized spacial score (nSPS) is 31.9. The Hall–Kier alpha value is -0.330. The number of hydrogen-bond acceptors (Lipinski definition) is 3. The van der Waals surface area contributed by atoms with Crippen molar-refractivity contribution >= 4 is 0 Å². The minimum Gasteiger partial charge on any atom is -0.377 e. The Bertz CT molecular complexity index is 294. The van der Waals surface area contributed by atoms with E-state index in [1.54, 1.807) is 0 Å². The van der Waals surface area contributed by atoms with Crippen LogP contribution < -0.4 is 5.73 Å². The fraction of sp³-hybridized carbons (Fsp3) is 1.00. The molecule has 0 spiro atoms. The lowest BCUT2D eigenvalue weighted by atomic mass is 9.75. The summed E-state index contributed by atoms with van der Waals surface area (Å²) < 4.78 is 46.3. The molecule has 19 heavy (non-hydrogen) atoms. The van der Waals surface area contributed by atoms with Gasteiger partial charge in [-0.15, -0.1) is 0 Å². The Morgan fingerprint density at radius 3 is 2.63 bits per heavy atom. The van der Waals surface area contributed by atoms with E-state index in [-0.39, 0.29) is 18.1 Å². The summed E-state index contributed by atoms with van der Waals surface area (Å²) in [5.41, 5.74) is 5.87. The molecule has 0 aromatic carbocycles. The SMILES string of the molecule is NCC1(CCCOCC(F)(F)F)CCOC1C1CC1. The molecule has 2 rings (SSSR count). The lowest BCUT2D eigenvalue weighted by molar-refractivity contribution is -0.174. The van der Waals surface area contributed by atoms with Gasteiger partial charge in [0.15, 0.2) is 0 Å². The Balaban J connectivity index is 1.73. The topological polar surface area (TPSA) is 44.5 Å². The summed E-state index contributed by atoms with van der Waals surface area (Å²) in [5.74, 6) is 0.613. The van der Waals surface area contributed by atoms with Gasteiger partial charge >= 0.3 is 6.18 Å². The number of hydrogen-bond donors (Lipinski definition) is 1. The molecule has 2 N–H and O–H groups in total. The highest BCUT2D eigenvalue weighted by Crippen LogP contribution is 2.49. The second kappa shape index (κ2) is 5.97. The molecule has 0 bridgehead atoms. The summed E-state index contributed by atoms with van der Waals surface area (Å²) in [6.07, 6.45) is 0.680. The van der Waals surface area contributed by atoms with E-state index in [2.05, 4.69) is 4.74 Å². The second-order valence-corrected chi connectivity index (χ2v) is 5.72. The molecule has 1 saturated carbocycles. The molecule has 0 amide bonds. The fourth-order valence-corrected chi connectivity index (χ4v) is 3.04. The van der Waals surface area contributed by atoms with Gasteiger partial charge in [-0.25, -0.2) is 0 Å². The molecule has 2 unspecified atom stereocenters. The van der Waals surface area contributed by atoms with Crippen molar-refractivity contribution in [1.29, 1.82) is 0 Å². The Kier molecular flexibility index (Phi) is 4.74. The van der Waals surface area contributed by atoms with Crippen molar-refractivity contribution in [2.45, 2.75) is 44.4 Å².